The minimum atomic E-state index is 0.641. The normalized spacial score (nSPS) is 9.94. The summed E-state index contributed by atoms with van der Waals surface area (Å²) in [6.07, 6.45) is 3.40. The second-order valence-electron chi connectivity index (χ2n) is 2.86. The molecule has 2 heteroatoms. The molecular formula is C16H26N2. The molecule has 0 heterocycles. The molecule has 1 rings (SSSR count). The molecule has 0 aliphatic rings. The van der Waals surface area contributed by atoms with E-state index in [-0.39, 0.29) is 0 Å². The first-order valence-corrected chi connectivity index (χ1v) is 6.44. The quantitative estimate of drug-likeness (QED) is 0.775. The first-order chi connectivity index (χ1) is 8.74. The number of nitrogens with zero attached hydrogens (tertiary/aromatic N) is 1. The van der Waals surface area contributed by atoms with Crippen molar-refractivity contribution in [2.75, 3.05) is 0 Å². The maximum Gasteiger partial charge on any atom is 0.0631 e. The summed E-state index contributed by atoms with van der Waals surface area (Å²) in [6.45, 7) is 13.7. The number of hydrogen-bond donors (Lipinski definition) is 1. The minimum Gasteiger partial charge on any atom is -0.398 e. The Bertz CT molecular complexity index is 362. The van der Waals surface area contributed by atoms with Gasteiger partial charge in [0.2, 0.25) is 0 Å². The molecule has 18 heavy (non-hydrogen) atoms. The molecule has 0 atom stereocenters. The van der Waals surface area contributed by atoms with Crippen LogP contribution in [0.1, 0.15) is 40.2 Å². The fourth-order valence-corrected chi connectivity index (χ4v) is 0.932. The summed E-state index contributed by atoms with van der Waals surface area (Å²) in [5.41, 5.74) is 7.94. The van der Waals surface area contributed by atoms with Crippen molar-refractivity contribution in [3.8, 4) is 0 Å². The number of hydrogen-bond acceptors (Lipinski definition) is 2. The third-order valence-corrected chi connectivity index (χ3v) is 1.81. The predicted octanol–water partition coefficient (Wildman–Crippen LogP) is 4.64. The Kier molecular flexibility index (Phi) is 13.6. The summed E-state index contributed by atoms with van der Waals surface area (Å²) in [5, 5.41) is 0. The molecule has 0 aliphatic heterocycles. The van der Waals surface area contributed by atoms with Gasteiger partial charge in [-0.05, 0) is 12.5 Å². The second kappa shape index (κ2) is 13.2. The lowest BCUT2D eigenvalue weighted by molar-refractivity contribution is 1.44. The Morgan fingerprint density at radius 1 is 1.11 bits per heavy atom. The van der Waals surface area contributed by atoms with Crippen molar-refractivity contribution in [2.45, 2.75) is 34.6 Å². The Labute approximate surface area is 112 Å². The second-order valence-corrected chi connectivity index (χ2v) is 2.86. The van der Waals surface area contributed by atoms with E-state index in [2.05, 4.69) is 11.6 Å². The van der Waals surface area contributed by atoms with Gasteiger partial charge in [0.05, 0.1) is 11.9 Å². The van der Waals surface area contributed by atoms with Crippen molar-refractivity contribution in [1.29, 1.82) is 0 Å². The Morgan fingerprint density at radius 3 is 2.06 bits per heavy atom. The first kappa shape index (κ1) is 18.5. The molecule has 0 unspecified atom stereocenters. The van der Waals surface area contributed by atoms with Crippen LogP contribution >= 0.6 is 0 Å². The molecular weight excluding hydrogens is 220 g/mol. The zero-order valence-electron chi connectivity index (χ0n) is 12.3. The molecule has 1 aromatic carbocycles. The maximum absolute atomic E-state index is 5.57. The van der Waals surface area contributed by atoms with Gasteiger partial charge in [0.15, 0.2) is 0 Å². The van der Waals surface area contributed by atoms with Gasteiger partial charge >= 0.3 is 0 Å². The zero-order chi connectivity index (χ0) is 14.4. The molecule has 0 amide bonds. The highest BCUT2D eigenvalue weighted by Crippen LogP contribution is 2.11. The van der Waals surface area contributed by atoms with Crippen LogP contribution in [0.4, 0.5) is 0 Å². The van der Waals surface area contributed by atoms with E-state index in [1.807, 2.05) is 65.0 Å². The summed E-state index contributed by atoms with van der Waals surface area (Å²) in [5.74, 6) is 0. The first-order valence-electron chi connectivity index (χ1n) is 6.44. The molecule has 0 aromatic heterocycles. The van der Waals surface area contributed by atoms with Crippen molar-refractivity contribution in [3.05, 3.63) is 54.2 Å². The van der Waals surface area contributed by atoms with E-state index >= 15 is 0 Å². The van der Waals surface area contributed by atoms with Crippen molar-refractivity contribution in [3.63, 3.8) is 0 Å². The molecule has 0 aliphatic carbocycles. The van der Waals surface area contributed by atoms with Gasteiger partial charge in [-0.2, -0.15) is 0 Å². The van der Waals surface area contributed by atoms with Crippen LogP contribution in [0.3, 0.4) is 0 Å². The number of rotatable bonds is 3. The average Bonchev–Trinajstić information content (AvgIpc) is 2.49. The zero-order valence-corrected chi connectivity index (χ0v) is 12.3. The minimum absolute atomic E-state index is 0.641. The highest BCUT2D eigenvalue weighted by atomic mass is 14.8. The third kappa shape index (κ3) is 8.34. The summed E-state index contributed by atoms with van der Waals surface area (Å²) >= 11 is 0. The molecule has 0 radical (unpaired) electrons. The van der Waals surface area contributed by atoms with Gasteiger partial charge in [-0.25, -0.2) is 0 Å². The van der Waals surface area contributed by atoms with Crippen molar-refractivity contribution in [1.82, 2.24) is 0 Å². The number of aliphatic imine (C=N–C) groups is 1. The molecule has 0 fully saturated rings. The molecule has 1 aromatic rings. The molecule has 2 nitrogen and oxygen atoms in total. The van der Waals surface area contributed by atoms with E-state index in [9.17, 15) is 0 Å². The van der Waals surface area contributed by atoms with Crippen molar-refractivity contribution < 1.29 is 0 Å². The Morgan fingerprint density at radius 2 is 1.61 bits per heavy atom. The Hall–Kier alpha value is -1.83. The largest absolute Gasteiger partial charge is 0.398 e. The van der Waals surface area contributed by atoms with Crippen LogP contribution < -0.4 is 5.73 Å². The summed E-state index contributed by atoms with van der Waals surface area (Å²) < 4.78 is 0. The average molecular weight is 246 g/mol. The van der Waals surface area contributed by atoms with Crippen LogP contribution in [0, 0.1) is 0 Å². The molecule has 0 bridgehead atoms. The maximum atomic E-state index is 5.57. The van der Waals surface area contributed by atoms with Gasteiger partial charge in [-0.3, -0.25) is 4.99 Å². The predicted molar refractivity (Wildman–Crippen MR) is 84.6 cm³/mol. The fourth-order valence-electron chi connectivity index (χ4n) is 0.932. The molecule has 2 N–H and O–H groups in total. The third-order valence-electron chi connectivity index (χ3n) is 1.81. The number of allylic oxidation sites excluding steroid dienone is 2. The lowest BCUT2D eigenvalue weighted by Gasteiger charge is -1.98. The van der Waals surface area contributed by atoms with Crippen LogP contribution in [0.25, 0.3) is 5.70 Å². The molecule has 0 saturated heterocycles. The van der Waals surface area contributed by atoms with Crippen molar-refractivity contribution in [2.24, 2.45) is 10.7 Å². The van der Waals surface area contributed by atoms with Crippen LogP contribution in [0.15, 0.2) is 53.7 Å². The molecule has 100 valence electrons. The van der Waals surface area contributed by atoms with Gasteiger partial charge in [-0.1, -0.05) is 70.7 Å². The van der Waals surface area contributed by atoms with Gasteiger partial charge in [-0.15, -0.1) is 0 Å². The number of nitrogens with two attached hydrogens (primary N) is 1. The summed E-state index contributed by atoms with van der Waals surface area (Å²) in [7, 11) is 0. The van der Waals surface area contributed by atoms with Crippen LogP contribution in [0.5, 0.6) is 0 Å². The number of benzene rings is 1. The standard InChI is InChI=1S/C12H14N2.2C2H6/c1-3-12(13)9-14-10(2)11-7-5-4-6-8-11;2*1-2/h3-9H,2,13H2,1H3;2*1-2H3/b12-3+,14-9?;;. The van der Waals surface area contributed by atoms with Crippen LogP contribution in [0.2, 0.25) is 0 Å². The van der Waals surface area contributed by atoms with E-state index in [0.717, 1.165) is 11.3 Å². The van der Waals surface area contributed by atoms with Gasteiger partial charge < -0.3 is 5.73 Å². The van der Waals surface area contributed by atoms with Gasteiger partial charge in [0.25, 0.3) is 0 Å². The highest BCUT2D eigenvalue weighted by molar-refractivity contribution is 5.83. The molecule has 0 saturated carbocycles. The summed E-state index contributed by atoms with van der Waals surface area (Å²) in [4.78, 5) is 4.15. The van der Waals surface area contributed by atoms with E-state index < -0.39 is 0 Å². The lowest BCUT2D eigenvalue weighted by atomic mass is 10.2. The van der Waals surface area contributed by atoms with Crippen molar-refractivity contribution >= 4 is 11.9 Å². The fraction of sp³-hybridized carbons (Fsp3) is 0.312. The van der Waals surface area contributed by atoms with Crippen LogP contribution in [-0.4, -0.2) is 6.21 Å². The van der Waals surface area contributed by atoms with E-state index in [1.54, 1.807) is 12.3 Å². The summed E-state index contributed by atoms with van der Waals surface area (Å²) in [6, 6.07) is 9.79. The van der Waals surface area contributed by atoms with E-state index in [1.165, 1.54) is 0 Å². The lowest BCUT2D eigenvalue weighted by Crippen LogP contribution is -1.96. The van der Waals surface area contributed by atoms with E-state index in [4.69, 9.17) is 5.73 Å². The van der Waals surface area contributed by atoms with Crippen LogP contribution in [-0.2, 0) is 0 Å². The Balaban J connectivity index is 0. The molecule has 0 spiro atoms. The monoisotopic (exact) mass is 246 g/mol. The highest BCUT2D eigenvalue weighted by Gasteiger charge is 1.92. The topological polar surface area (TPSA) is 38.4 Å². The van der Waals surface area contributed by atoms with Gasteiger partial charge in [0.1, 0.15) is 0 Å². The smallest absolute Gasteiger partial charge is 0.0631 e. The van der Waals surface area contributed by atoms with Gasteiger partial charge in [0, 0.05) is 5.70 Å². The van der Waals surface area contributed by atoms with E-state index in [0.29, 0.717) is 5.70 Å². The SMILES string of the molecule is C=C(N=C/C(N)=C\C)c1ccccc1.CC.CC.